The Labute approximate surface area is 129 Å². The first kappa shape index (κ1) is 14.9. The summed E-state index contributed by atoms with van der Waals surface area (Å²) in [6, 6.07) is 7.67. The first-order chi connectivity index (χ1) is 10.6. The smallest absolute Gasteiger partial charge is 0.254 e. The largest absolute Gasteiger partial charge is 0.389 e. The van der Waals surface area contributed by atoms with Crippen LogP contribution in [-0.2, 0) is 4.74 Å². The monoisotopic (exact) mass is 300 g/mol. The van der Waals surface area contributed by atoms with Gasteiger partial charge in [0.05, 0.1) is 30.4 Å². The Morgan fingerprint density at radius 3 is 3.05 bits per heavy atom. The maximum atomic E-state index is 12.9. The Morgan fingerprint density at radius 1 is 1.41 bits per heavy atom. The van der Waals surface area contributed by atoms with E-state index in [1.165, 1.54) is 0 Å². The van der Waals surface area contributed by atoms with Crippen molar-refractivity contribution in [2.24, 2.45) is 0 Å². The van der Waals surface area contributed by atoms with Gasteiger partial charge >= 0.3 is 0 Å². The number of β-amino-alcohol motifs (C(OH)–C–C–N with tert-alkyl or cyclic N) is 1. The third kappa shape index (κ3) is 2.82. The lowest BCUT2D eigenvalue weighted by Crippen LogP contribution is -2.37. The van der Waals surface area contributed by atoms with Gasteiger partial charge in [0.25, 0.3) is 5.91 Å². The van der Waals surface area contributed by atoms with Crippen LogP contribution in [0.4, 0.5) is 0 Å². The molecule has 1 aliphatic heterocycles. The summed E-state index contributed by atoms with van der Waals surface area (Å²) < 4.78 is 5.30. The zero-order chi connectivity index (χ0) is 15.7. The molecule has 3 rings (SSSR count). The number of aliphatic hydroxyl groups excluding tert-OH is 1. The van der Waals surface area contributed by atoms with Crippen molar-refractivity contribution < 1.29 is 14.6 Å². The second-order valence-corrected chi connectivity index (χ2v) is 5.76. The van der Waals surface area contributed by atoms with Crippen LogP contribution in [0.2, 0.25) is 0 Å². The molecule has 5 heteroatoms. The van der Waals surface area contributed by atoms with Crippen LogP contribution in [0.15, 0.2) is 24.3 Å². The summed E-state index contributed by atoms with van der Waals surface area (Å²) in [4.78, 5) is 19.1. The van der Waals surface area contributed by atoms with Crippen LogP contribution in [0.5, 0.6) is 0 Å². The summed E-state index contributed by atoms with van der Waals surface area (Å²) in [5.41, 5.74) is 3.36. The predicted octanol–water partition coefficient (Wildman–Crippen LogP) is 1.68. The molecule has 1 aromatic carbocycles. The molecule has 0 unspecified atom stereocenters. The average molecular weight is 300 g/mol. The molecule has 1 aliphatic rings. The molecule has 22 heavy (non-hydrogen) atoms. The summed E-state index contributed by atoms with van der Waals surface area (Å²) in [7, 11) is 0. The molecule has 116 valence electrons. The highest BCUT2D eigenvalue weighted by molar-refractivity contribution is 6.06. The molecule has 1 amide bonds. The number of carbonyl (C=O) groups excluding carboxylic acids is 1. The number of hydrogen-bond donors (Lipinski definition) is 1. The summed E-state index contributed by atoms with van der Waals surface area (Å²) >= 11 is 0. The van der Waals surface area contributed by atoms with E-state index in [9.17, 15) is 9.90 Å². The highest BCUT2D eigenvalue weighted by atomic mass is 16.5. The van der Waals surface area contributed by atoms with Crippen molar-refractivity contribution in [2.75, 3.05) is 26.3 Å². The van der Waals surface area contributed by atoms with Crippen molar-refractivity contribution in [3.8, 4) is 0 Å². The zero-order valence-electron chi connectivity index (χ0n) is 12.9. The van der Waals surface area contributed by atoms with E-state index in [0.29, 0.717) is 25.3 Å². The summed E-state index contributed by atoms with van der Waals surface area (Å²) in [5.74, 6) is -0.0781. The van der Waals surface area contributed by atoms with Crippen LogP contribution in [0.25, 0.3) is 10.9 Å². The van der Waals surface area contributed by atoms with Crippen LogP contribution in [-0.4, -0.2) is 53.3 Å². The average Bonchev–Trinajstić information content (AvgIpc) is 2.71. The molecule has 1 atom stereocenters. The summed E-state index contributed by atoms with van der Waals surface area (Å²) in [5, 5.41) is 10.7. The molecule has 1 fully saturated rings. The third-order valence-corrected chi connectivity index (χ3v) is 3.93. The van der Waals surface area contributed by atoms with Crippen molar-refractivity contribution in [1.29, 1.82) is 0 Å². The fourth-order valence-electron chi connectivity index (χ4n) is 2.84. The van der Waals surface area contributed by atoms with E-state index >= 15 is 0 Å². The molecule has 1 saturated heterocycles. The lowest BCUT2D eigenvalue weighted by atomic mass is 10.0. The molecular weight excluding hydrogens is 280 g/mol. The maximum Gasteiger partial charge on any atom is 0.254 e. The van der Waals surface area contributed by atoms with Gasteiger partial charge in [-0.2, -0.15) is 0 Å². The van der Waals surface area contributed by atoms with Crippen molar-refractivity contribution in [2.45, 2.75) is 20.0 Å². The quantitative estimate of drug-likeness (QED) is 0.870. The number of pyridine rings is 1. The Hall–Kier alpha value is -1.98. The molecule has 0 radical (unpaired) electrons. The van der Waals surface area contributed by atoms with Gasteiger partial charge in [-0.25, -0.2) is 0 Å². The fraction of sp³-hybridized carbons (Fsp3) is 0.412. The van der Waals surface area contributed by atoms with E-state index in [2.05, 4.69) is 4.98 Å². The Kier molecular flexibility index (Phi) is 4.09. The lowest BCUT2D eigenvalue weighted by Gasteiger charge is -2.22. The molecule has 1 aromatic heterocycles. The molecule has 0 spiro atoms. The van der Waals surface area contributed by atoms with E-state index in [1.807, 2.05) is 38.1 Å². The lowest BCUT2D eigenvalue weighted by molar-refractivity contribution is 0.0535. The number of nitrogens with zero attached hydrogens (tertiary/aromatic N) is 2. The molecule has 1 N–H and O–H groups in total. The molecule has 5 nitrogen and oxygen atoms in total. The van der Waals surface area contributed by atoms with Crippen LogP contribution in [0.3, 0.4) is 0 Å². The first-order valence-electron chi connectivity index (χ1n) is 7.48. The standard InChI is InChI=1S/C17H20N2O3/c1-11-4-3-5-14-15(8-12(2)18-16(11)14)17(21)19-6-7-22-10-13(20)9-19/h3-5,8,13,20H,6-7,9-10H2,1-2H3/t13-/m1/s1. The number of rotatable bonds is 1. The van der Waals surface area contributed by atoms with E-state index in [1.54, 1.807) is 4.90 Å². The third-order valence-electron chi connectivity index (χ3n) is 3.93. The van der Waals surface area contributed by atoms with Gasteiger partial charge in [-0.05, 0) is 25.5 Å². The van der Waals surface area contributed by atoms with Crippen LogP contribution >= 0.6 is 0 Å². The minimum absolute atomic E-state index is 0.0781. The van der Waals surface area contributed by atoms with Crippen molar-refractivity contribution in [3.63, 3.8) is 0 Å². The van der Waals surface area contributed by atoms with E-state index < -0.39 is 6.10 Å². The van der Waals surface area contributed by atoms with Gasteiger partial charge in [-0.3, -0.25) is 9.78 Å². The number of ether oxygens (including phenoxy) is 1. The van der Waals surface area contributed by atoms with Crippen molar-refractivity contribution in [1.82, 2.24) is 9.88 Å². The normalized spacial score (nSPS) is 19.2. The van der Waals surface area contributed by atoms with Gasteiger partial charge in [-0.15, -0.1) is 0 Å². The van der Waals surface area contributed by atoms with E-state index in [0.717, 1.165) is 22.2 Å². The number of benzene rings is 1. The van der Waals surface area contributed by atoms with Gasteiger partial charge < -0.3 is 14.7 Å². The van der Waals surface area contributed by atoms with Crippen molar-refractivity contribution >= 4 is 16.8 Å². The number of aryl methyl sites for hydroxylation is 2. The number of fused-ring (bicyclic) bond motifs is 1. The first-order valence-corrected chi connectivity index (χ1v) is 7.48. The number of hydrogen-bond acceptors (Lipinski definition) is 4. The Morgan fingerprint density at radius 2 is 2.23 bits per heavy atom. The predicted molar refractivity (Wildman–Crippen MR) is 83.9 cm³/mol. The van der Waals surface area contributed by atoms with Gasteiger partial charge in [0, 0.05) is 24.2 Å². The summed E-state index contributed by atoms with van der Waals surface area (Å²) in [6.07, 6.45) is -0.637. The topological polar surface area (TPSA) is 62.7 Å². The van der Waals surface area contributed by atoms with Crippen molar-refractivity contribution in [3.05, 3.63) is 41.1 Å². The van der Waals surface area contributed by atoms with Crippen LogP contribution < -0.4 is 0 Å². The minimum atomic E-state index is -0.637. The van der Waals surface area contributed by atoms with Gasteiger partial charge in [-0.1, -0.05) is 18.2 Å². The molecule has 2 aromatic rings. The second kappa shape index (κ2) is 6.02. The number of carbonyl (C=O) groups is 1. The highest BCUT2D eigenvalue weighted by Crippen LogP contribution is 2.23. The van der Waals surface area contributed by atoms with Gasteiger partial charge in [0.15, 0.2) is 0 Å². The van der Waals surface area contributed by atoms with Crippen LogP contribution in [0.1, 0.15) is 21.6 Å². The van der Waals surface area contributed by atoms with E-state index in [-0.39, 0.29) is 12.5 Å². The number of para-hydroxylation sites is 1. The molecule has 0 saturated carbocycles. The zero-order valence-corrected chi connectivity index (χ0v) is 12.9. The molecule has 2 heterocycles. The number of aliphatic hydroxyl groups is 1. The molecular formula is C17H20N2O3. The van der Waals surface area contributed by atoms with Crippen LogP contribution in [0, 0.1) is 13.8 Å². The fourth-order valence-corrected chi connectivity index (χ4v) is 2.84. The minimum Gasteiger partial charge on any atom is -0.389 e. The second-order valence-electron chi connectivity index (χ2n) is 5.76. The molecule has 0 bridgehead atoms. The SMILES string of the molecule is Cc1cc(C(=O)N2CCOC[C@H](O)C2)c2cccc(C)c2n1. The maximum absolute atomic E-state index is 12.9. The number of aromatic nitrogens is 1. The Bertz CT molecular complexity index is 714. The molecule has 0 aliphatic carbocycles. The van der Waals surface area contributed by atoms with E-state index in [4.69, 9.17) is 4.74 Å². The highest BCUT2D eigenvalue weighted by Gasteiger charge is 2.24. The van der Waals surface area contributed by atoms with Gasteiger partial charge in [0.2, 0.25) is 0 Å². The summed E-state index contributed by atoms with van der Waals surface area (Å²) in [6.45, 7) is 5.40. The Balaban J connectivity index is 2.05. The number of amides is 1. The van der Waals surface area contributed by atoms with Gasteiger partial charge in [0.1, 0.15) is 0 Å².